The van der Waals surface area contributed by atoms with Crippen LogP contribution in [0.2, 0.25) is 0 Å². The molecule has 0 aliphatic rings. The van der Waals surface area contributed by atoms with Crippen molar-refractivity contribution in [2.75, 3.05) is 20.8 Å². The average molecular weight is 277 g/mol. The first-order valence-electron chi connectivity index (χ1n) is 6.45. The molecule has 0 saturated heterocycles. The smallest absolute Gasteiger partial charge is 0.165 e. The van der Waals surface area contributed by atoms with E-state index in [1.807, 2.05) is 25.1 Å². The van der Waals surface area contributed by atoms with Crippen LogP contribution in [-0.2, 0) is 13.1 Å². The van der Waals surface area contributed by atoms with E-state index in [4.69, 9.17) is 9.47 Å². The standard InChI is InChI=1S/C13H19N5O2/c1-4-14-8-13-15-16-17-18(13)9-10-5-6-11(19-2)12(7-10)20-3/h5-7,14H,4,8-9H2,1-3H3. The predicted octanol–water partition coefficient (Wildman–Crippen LogP) is 0.848. The quantitative estimate of drug-likeness (QED) is 0.808. The number of benzene rings is 1. The second kappa shape index (κ2) is 6.85. The summed E-state index contributed by atoms with van der Waals surface area (Å²) >= 11 is 0. The number of ether oxygens (including phenoxy) is 2. The van der Waals surface area contributed by atoms with Gasteiger partial charge in [-0.05, 0) is 34.7 Å². The molecule has 2 aromatic rings. The molecule has 0 fully saturated rings. The summed E-state index contributed by atoms with van der Waals surface area (Å²) in [5, 5.41) is 14.9. The second-order valence-corrected chi connectivity index (χ2v) is 4.22. The predicted molar refractivity (Wildman–Crippen MR) is 73.8 cm³/mol. The number of methoxy groups -OCH3 is 2. The van der Waals surface area contributed by atoms with Crippen LogP contribution in [0.1, 0.15) is 18.3 Å². The van der Waals surface area contributed by atoms with Gasteiger partial charge in [0.1, 0.15) is 0 Å². The third kappa shape index (κ3) is 3.24. The van der Waals surface area contributed by atoms with E-state index in [1.165, 1.54) is 0 Å². The van der Waals surface area contributed by atoms with E-state index in [9.17, 15) is 0 Å². The Morgan fingerprint density at radius 1 is 1.20 bits per heavy atom. The van der Waals surface area contributed by atoms with Crippen molar-refractivity contribution in [3.63, 3.8) is 0 Å². The van der Waals surface area contributed by atoms with Gasteiger partial charge < -0.3 is 14.8 Å². The molecular formula is C13H19N5O2. The van der Waals surface area contributed by atoms with E-state index >= 15 is 0 Å². The van der Waals surface area contributed by atoms with Crippen molar-refractivity contribution < 1.29 is 9.47 Å². The highest BCUT2D eigenvalue weighted by atomic mass is 16.5. The lowest BCUT2D eigenvalue weighted by atomic mass is 10.2. The van der Waals surface area contributed by atoms with Gasteiger partial charge in [0.2, 0.25) is 0 Å². The monoisotopic (exact) mass is 277 g/mol. The van der Waals surface area contributed by atoms with Gasteiger partial charge in [0.15, 0.2) is 17.3 Å². The van der Waals surface area contributed by atoms with Crippen molar-refractivity contribution in [1.82, 2.24) is 25.5 Å². The Morgan fingerprint density at radius 2 is 2.00 bits per heavy atom. The zero-order valence-corrected chi connectivity index (χ0v) is 12.0. The number of hydrogen-bond donors (Lipinski definition) is 1. The Hall–Kier alpha value is -2.15. The molecule has 0 spiro atoms. The van der Waals surface area contributed by atoms with Crippen LogP contribution >= 0.6 is 0 Å². The Kier molecular flexibility index (Phi) is 4.89. The fourth-order valence-corrected chi connectivity index (χ4v) is 1.86. The van der Waals surface area contributed by atoms with Crippen molar-refractivity contribution in [1.29, 1.82) is 0 Å². The summed E-state index contributed by atoms with van der Waals surface area (Å²) in [6.45, 7) is 4.16. The number of rotatable bonds is 7. The van der Waals surface area contributed by atoms with Crippen LogP contribution in [0.3, 0.4) is 0 Å². The summed E-state index contributed by atoms with van der Waals surface area (Å²) in [7, 11) is 3.24. The molecule has 108 valence electrons. The molecule has 7 heteroatoms. The Bertz CT molecular complexity index is 555. The minimum Gasteiger partial charge on any atom is -0.493 e. The minimum atomic E-state index is 0.591. The van der Waals surface area contributed by atoms with E-state index in [0.29, 0.717) is 24.6 Å². The maximum atomic E-state index is 5.29. The van der Waals surface area contributed by atoms with Crippen LogP contribution in [0, 0.1) is 0 Å². The van der Waals surface area contributed by atoms with Crippen molar-refractivity contribution in [2.24, 2.45) is 0 Å². The topological polar surface area (TPSA) is 74.1 Å². The van der Waals surface area contributed by atoms with Gasteiger partial charge in [-0.2, -0.15) is 0 Å². The molecular weight excluding hydrogens is 258 g/mol. The fourth-order valence-electron chi connectivity index (χ4n) is 1.86. The number of nitrogens with one attached hydrogen (secondary N) is 1. The molecule has 0 amide bonds. The van der Waals surface area contributed by atoms with Crippen LogP contribution in [0.25, 0.3) is 0 Å². The molecule has 0 bridgehead atoms. The largest absolute Gasteiger partial charge is 0.493 e. The van der Waals surface area contributed by atoms with E-state index in [2.05, 4.69) is 20.8 Å². The molecule has 0 atom stereocenters. The van der Waals surface area contributed by atoms with Crippen molar-refractivity contribution in [2.45, 2.75) is 20.0 Å². The highest BCUT2D eigenvalue weighted by Gasteiger charge is 2.09. The van der Waals surface area contributed by atoms with Crippen LogP contribution in [0.15, 0.2) is 18.2 Å². The van der Waals surface area contributed by atoms with Crippen molar-refractivity contribution in [3.05, 3.63) is 29.6 Å². The van der Waals surface area contributed by atoms with Crippen LogP contribution in [0.4, 0.5) is 0 Å². The molecule has 1 aromatic heterocycles. The molecule has 7 nitrogen and oxygen atoms in total. The summed E-state index contributed by atoms with van der Waals surface area (Å²) in [5.74, 6) is 2.22. The highest BCUT2D eigenvalue weighted by molar-refractivity contribution is 5.42. The van der Waals surface area contributed by atoms with Gasteiger partial charge in [-0.1, -0.05) is 13.0 Å². The lowest BCUT2D eigenvalue weighted by molar-refractivity contribution is 0.354. The summed E-state index contributed by atoms with van der Waals surface area (Å²) in [6, 6.07) is 5.78. The maximum absolute atomic E-state index is 5.29. The van der Waals surface area contributed by atoms with Crippen LogP contribution < -0.4 is 14.8 Å². The summed E-state index contributed by atoms with van der Waals surface area (Å²) < 4.78 is 12.3. The molecule has 0 unspecified atom stereocenters. The van der Waals surface area contributed by atoms with Crippen molar-refractivity contribution in [3.8, 4) is 11.5 Å². The molecule has 2 rings (SSSR count). The first-order chi connectivity index (χ1) is 9.78. The van der Waals surface area contributed by atoms with E-state index in [0.717, 1.165) is 17.9 Å². The Balaban J connectivity index is 2.15. The number of nitrogens with zero attached hydrogens (tertiary/aromatic N) is 4. The zero-order chi connectivity index (χ0) is 14.4. The average Bonchev–Trinajstić information content (AvgIpc) is 2.92. The molecule has 1 aromatic carbocycles. The van der Waals surface area contributed by atoms with E-state index in [1.54, 1.807) is 18.9 Å². The van der Waals surface area contributed by atoms with Gasteiger partial charge in [-0.15, -0.1) is 5.10 Å². The fraction of sp³-hybridized carbons (Fsp3) is 0.462. The number of tetrazole rings is 1. The number of aromatic nitrogens is 4. The van der Waals surface area contributed by atoms with Gasteiger partial charge >= 0.3 is 0 Å². The van der Waals surface area contributed by atoms with Crippen molar-refractivity contribution >= 4 is 0 Å². The van der Waals surface area contributed by atoms with Gasteiger partial charge in [0.05, 0.1) is 27.3 Å². The Labute approximate surface area is 117 Å². The molecule has 0 aliphatic carbocycles. The molecule has 0 saturated carbocycles. The zero-order valence-electron chi connectivity index (χ0n) is 12.0. The number of hydrogen-bond acceptors (Lipinski definition) is 6. The summed E-state index contributed by atoms with van der Waals surface area (Å²) in [6.07, 6.45) is 0. The molecule has 0 aliphatic heterocycles. The minimum absolute atomic E-state index is 0.591. The summed E-state index contributed by atoms with van der Waals surface area (Å²) in [4.78, 5) is 0. The first-order valence-corrected chi connectivity index (χ1v) is 6.45. The normalized spacial score (nSPS) is 10.6. The third-order valence-corrected chi connectivity index (χ3v) is 2.92. The first kappa shape index (κ1) is 14.3. The lowest BCUT2D eigenvalue weighted by Crippen LogP contribution is -2.17. The molecule has 1 heterocycles. The maximum Gasteiger partial charge on any atom is 0.165 e. The molecule has 1 N–H and O–H groups in total. The van der Waals surface area contributed by atoms with Gasteiger partial charge in [-0.3, -0.25) is 0 Å². The Morgan fingerprint density at radius 3 is 2.70 bits per heavy atom. The molecule has 20 heavy (non-hydrogen) atoms. The van der Waals surface area contributed by atoms with E-state index in [-0.39, 0.29) is 0 Å². The second-order valence-electron chi connectivity index (χ2n) is 4.22. The summed E-state index contributed by atoms with van der Waals surface area (Å²) in [5.41, 5.74) is 1.05. The van der Waals surface area contributed by atoms with Gasteiger partial charge in [-0.25, -0.2) is 4.68 Å². The SMILES string of the molecule is CCNCc1nnnn1Cc1ccc(OC)c(OC)c1. The lowest BCUT2D eigenvalue weighted by Gasteiger charge is -2.10. The van der Waals surface area contributed by atoms with Crippen LogP contribution in [-0.4, -0.2) is 41.0 Å². The van der Waals surface area contributed by atoms with E-state index < -0.39 is 0 Å². The van der Waals surface area contributed by atoms with Crippen LogP contribution in [0.5, 0.6) is 11.5 Å². The molecule has 0 radical (unpaired) electrons. The highest BCUT2D eigenvalue weighted by Crippen LogP contribution is 2.27. The van der Waals surface area contributed by atoms with Gasteiger partial charge in [0.25, 0.3) is 0 Å². The van der Waals surface area contributed by atoms with Gasteiger partial charge in [0, 0.05) is 0 Å². The third-order valence-electron chi connectivity index (χ3n) is 2.92.